The Balaban J connectivity index is 1.90. The Hall–Kier alpha value is -2.22. The molecule has 23 heavy (non-hydrogen) atoms. The van der Waals surface area contributed by atoms with Crippen LogP contribution in [0, 0.1) is 6.92 Å². The molecule has 1 aliphatic carbocycles. The number of hydrogen-bond donors (Lipinski definition) is 0. The number of pyridine rings is 2. The zero-order valence-corrected chi connectivity index (χ0v) is 13.9. The molecule has 116 valence electrons. The van der Waals surface area contributed by atoms with Crippen molar-refractivity contribution in [1.29, 1.82) is 0 Å². The number of fused-ring (bicyclic) bond motifs is 1. The van der Waals surface area contributed by atoms with Gasteiger partial charge >= 0.3 is 0 Å². The number of rotatable bonds is 2. The Morgan fingerprint density at radius 3 is 2.70 bits per heavy atom. The second-order valence-corrected chi connectivity index (χ2v) is 6.79. The second-order valence-electron chi connectivity index (χ2n) is 6.79. The zero-order chi connectivity index (χ0) is 15.8. The Labute approximate surface area is 137 Å². The average Bonchev–Trinajstić information content (AvgIpc) is 3.10. The van der Waals surface area contributed by atoms with Gasteiger partial charge in [0.2, 0.25) is 5.69 Å². The van der Waals surface area contributed by atoms with Crippen molar-refractivity contribution in [1.82, 2.24) is 4.98 Å². The summed E-state index contributed by atoms with van der Waals surface area (Å²) in [4.78, 5) is 4.34. The minimum Gasteiger partial charge on any atom is -0.264 e. The molecule has 0 aliphatic heterocycles. The summed E-state index contributed by atoms with van der Waals surface area (Å²) in [5.74, 6) is 0.761. The minimum atomic E-state index is 0.761. The molecule has 0 atom stereocenters. The normalized spacial score (nSPS) is 15.4. The lowest BCUT2D eigenvalue weighted by atomic mass is 9.93. The van der Waals surface area contributed by atoms with Crippen molar-refractivity contribution < 1.29 is 4.57 Å². The standard InChI is InChI=1S/C21H23N2/c1-15-9-11-22-14-20(15)21-19-8-7-17(16-5-3-4-6-16)13-18(19)10-12-23(21)2/h7-14,16H,3-6H2,1-2H3/q+1. The molecule has 4 rings (SSSR count). The van der Waals surface area contributed by atoms with E-state index in [4.69, 9.17) is 0 Å². The molecule has 0 bridgehead atoms. The van der Waals surface area contributed by atoms with Gasteiger partial charge in [0.25, 0.3) is 0 Å². The van der Waals surface area contributed by atoms with Crippen LogP contribution >= 0.6 is 0 Å². The van der Waals surface area contributed by atoms with E-state index in [1.807, 2.05) is 12.4 Å². The van der Waals surface area contributed by atoms with Crippen LogP contribution in [0.3, 0.4) is 0 Å². The average molecular weight is 303 g/mol. The van der Waals surface area contributed by atoms with Crippen LogP contribution in [0.5, 0.6) is 0 Å². The second kappa shape index (κ2) is 5.77. The molecule has 2 aromatic heterocycles. The molecule has 1 aromatic carbocycles. The predicted molar refractivity (Wildman–Crippen MR) is 94.3 cm³/mol. The van der Waals surface area contributed by atoms with Crippen molar-refractivity contribution in [2.24, 2.45) is 7.05 Å². The van der Waals surface area contributed by atoms with Crippen molar-refractivity contribution in [3.05, 3.63) is 60.0 Å². The maximum Gasteiger partial charge on any atom is 0.221 e. The van der Waals surface area contributed by atoms with Gasteiger partial charge in [0.1, 0.15) is 7.05 Å². The molecule has 1 fully saturated rings. The van der Waals surface area contributed by atoms with Gasteiger partial charge in [-0.2, -0.15) is 0 Å². The summed E-state index contributed by atoms with van der Waals surface area (Å²) in [6.07, 6.45) is 11.5. The zero-order valence-electron chi connectivity index (χ0n) is 13.9. The number of hydrogen-bond acceptors (Lipinski definition) is 1. The van der Waals surface area contributed by atoms with E-state index in [9.17, 15) is 0 Å². The van der Waals surface area contributed by atoms with Crippen molar-refractivity contribution in [3.8, 4) is 11.3 Å². The third kappa shape index (κ3) is 2.52. The molecule has 0 N–H and O–H groups in total. The van der Waals surface area contributed by atoms with E-state index in [2.05, 4.69) is 60.1 Å². The van der Waals surface area contributed by atoms with Gasteiger partial charge in [0.05, 0.1) is 10.9 Å². The third-order valence-electron chi connectivity index (χ3n) is 5.28. The minimum absolute atomic E-state index is 0.761. The number of benzene rings is 1. The van der Waals surface area contributed by atoms with Gasteiger partial charge in [-0.15, -0.1) is 0 Å². The van der Waals surface area contributed by atoms with Crippen LogP contribution in [0.25, 0.3) is 22.0 Å². The molecule has 0 radical (unpaired) electrons. The summed E-state index contributed by atoms with van der Waals surface area (Å²) in [7, 11) is 2.12. The fraction of sp³-hybridized carbons (Fsp3) is 0.333. The maximum atomic E-state index is 4.34. The number of aromatic nitrogens is 2. The molecule has 2 heteroatoms. The van der Waals surface area contributed by atoms with Crippen LogP contribution < -0.4 is 4.57 Å². The van der Waals surface area contributed by atoms with E-state index in [0.29, 0.717) is 0 Å². The molecule has 3 aromatic rings. The first-order valence-electron chi connectivity index (χ1n) is 8.57. The summed E-state index contributed by atoms with van der Waals surface area (Å²) in [5, 5.41) is 2.65. The molecule has 1 saturated carbocycles. The summed E-state index contributed by atoms with van der Waals surface area (Å²) in [6, 6.07) is 11.4. The quantitative estimate of drug-likeness (QED) is 0.627. The molecule has 0 saturated heterocycles. The molecular formula is C21H23N2+. The lowest BCUT2D eigenvalue weighted by Gasteiger charge is -2.12. The smallest absolute Gasteiger partial charge is 0.221 e. The van der Waals surface area contributed by atoms with E-state index in [1.165, 1.54) is 58.8 Å². The van der Waals surface area contributed by atoms with Crippen LogP contribution in [0.4, 0.5) is 0 Å². The van der Waals surface area contributed by atoms with Crippen molar-refractivity contribution in [2.45, 2.75) is 38.5 Å². The lowest BCUT2D eigenvalue weighted by molar-refractivity contribution is -0.659. The van der Waals surface area contributed by atoms with Gasteiger partial charge in [0.15, 0.2) is 6.20 Å². The first-order chi connectivity index (χ1) is 11.2. The van der Waals surface area contributed by atoms with Crippen molar-refractivity contribution >= 4 is 10.8 Å². The number of nitrogens with zero attached hydrogens (tertiary/aromatic N) is 2. The molecule has 0 unspecified atom stereocenters. The Bertz CT molecular complexity index is 861. The highest BCUT2D eigenvalue weighted by atomic mass is 14.9. The van der Waals surface area contributed by atoms with Gasteiger partial charge < -0.3 is 0 Å². The molecule has 0 spiro atoms. The fourth-order valence-corrected chi connectivity index (χ4v) is 3.95. The van der Waals surface area contributed by atoms with E-state index in [0.717, 1.165) is 5.92 Å². The highest BCUT2D eigenvalue weighted by Gasteiger charge is 2.20. The topological polar surface area (TPSA) is 16.8 Å². The molecule has 1 aliphatic rings. The maximum absolute atomic E-state index is 4.34. The molecule has 2 nitrogen and oxygen atoms in total. The summed E-state index contributed by atoms with van der Waals surface area (Å²) >= 11 is 0. The Morgan fingerprint density at radius 2 is 1.91 bits per heavy atom. The summed E-state index contributed by atoms with van der Waals surface area (Å²) in [6.45, 7) is 2.16. The highest BCUT2D eigenvalue weighted by molar-refractivity contribution is 5.93. The van der Waals surface area contributed by atoms with Crippen molar-refractivity contribution in [2.75, 3.05) is 0 Å². The van der Waals surface area contributed by atoms with E-state index in [1.54, 1.807) is 0 Å². The fourth-order valence-electron chi connectivity index (χ4n) is 3.95. The van der Waals surface area contributed by atoms with Gasteiger partial charge in [0, 0.05) is 18.5 Å². The van der Waals surface area contributed by atoms with Gasteiger partial charge in [-0.3, -0.25) is 4.98 Å². The van der Waals surface area contributed by atoms with Gasteiger partial charge in [-0.05, 0) is 54.3 Å². The monoisotopic (exact) mass is 303 g/mol. The van der Waals surface area contributed by atoms with Gasteiger partial charge in [-0.1, -0.05) is 25.0 Å². The highest BCUT2D eigenvalue weighted by Crippen LogP contribution is 2.36. The third-order valence-corrected chi connectivity index (χ3v) is 5.28. The Morgan fingerprint density at radius 1 is 1.09 bits per heavy atom. The SMILES string of the molecule is Cc1ccncc1-c1c2ccc(C3CCCC3)cc2cc[n+]1C. The van der Waals surface area contributed by atoms with E-state index >= 15 is 0 Å². The first-order valence-corrected chi connectivity index (χ1v) is 8.57. The Kier molecular flexibility index (Phi) is 3.60. The molecule has 0 amide bonds. The van der Waals surface area contributed by atoms with E-state index in [-0.39, 0.29) is 0 Å². The lowest BCUT2D eigenvalue weighted by Crippen LogP contribution is -2.30. The predicted octanol–water partition coefficient (Wildman–Crippen LogP) is 4.69. The van der Waals surface area contributed by atoms with Crippen LogP contribution in [0.15, 0.2) is 48.9 Å². The summed E-state index contributed by atoms with van der Waals surface area (Å²) < 4.78 is 2.21. The van der Waals surface area contributed by atoms with Crippen LogP contribution in [-0.4, -0.2) is 4.98 Å². The van der Waals surface area contributed by atoms with Gasteiger partial charge in [-0.25, -0.2) is 4.57 Å². The number of aryl methyl sites for hydroxylation is 2. The largest absolute Gasteiger partial charge is 0.264 e. The molecular weight excluding hydrogens is 280 g/mol. The summed E-state index contributed by atoms with van der Waals surface area (Å²) in [5.41, 5.74) is 5.25. The van der Waals surface area contributed by atoms with Crippen LogP contribution in [-0.2, 0) is 7.05 Å². The molecule has 2 heterocycles. The van der Waals surface area contributed by atoms with Crippen LogP contribution in [0.2, 0.25) is 0 Å². The van der Waals surface area contributed by atoms with Crippen molar-refractivity contribution in [3.63, 3.8) is 0 Å². The van der Waals surface area contributed by atoms with Crippen LogP contribution in [0.1, 0.15) is 42.7 Å². The first kappa shape index (κ1) is 14.4. The van der Waals surface area contributed by atoms with E-state index < -0.39 is 0 Å².